The minimum Gasteiger partial charge on any atom is -0.308 e. The summed E-state index contributed by atoms with van der Waals surface area (Å²) >= 11 is 9.30. The number of carbonyl (C=O) groups is 1. The predicted molar refractivity (Wildman–Crippen MR) is 113 cm³/mol. The molecule has 0 N–H and O–H groups in total. The molecule has 136 valence electrons. The molecule has 0 atom stereocenters. The first-order valence-corrected chi connectivity index (χ1v) is 10.4. The molecule has 3 aromatic rings. The number of benzene rings is 2. The fourth-order valence-corrected chi connectivity index (χ4v) is 4.49. The van der Waals surface area contributed by atoms with E-state index in [1.807, 2.05) is 62.6 Å². The first-order chi connectivity index (χ1) is 12.5. The zero-order chi connectivity index (χ0) is 18.5. The second-order valence-electron chi connectivity index (χ2n) is 6.03. The van der Waals surface area contributed by atoms with Crippen LogP contribution < -0.4 is 4.90 Å². The third-order valence-electron chi connectivity index (χ3n) is 3.77. The number of nitrogens with zero attached hydrogens (tertiary/aromatic N) is 3. The van der Waals surface area contributed by atoms with E-state index in [1.54, 1.807) is 16.7 Å². The molecule has 0 radical (unpaired) electrons. The highest BCUT2D eigenvalue weighted by Crippen LogP contribution is 2.33. The normalized spacial score (nSPS) is 11.2. The summed E-state index contributed by atoms with van der Waals surface area (Å²) in [5.41, 5.74) is 0.757. The molecule has 0 spiro atoms. The summed E-state index contributed by atoms with van der Waals surface area (Å²) < 4.78 is 0.992. The van der Waals surface area contributed by atoms with Crippen LogP contribution in [-0.4, -0.2) is 48.7 Å². The quantitative estimate of drug-likeness (QED) is 0.536. The molecular formula is C19H20ClN3OS2. The average Bonchev–Trinajstić information content (AvgIpc) is 3.06. The van der Waals surface area contributed by atoms with Crippen molar-refractivity contribution in [2.75, 3.05) is 37.8 Å². The Hall–Kier alpha value is -1.60. The summed E-state index contributed by atoms with van der Waals surface area (Å²) in [6.45, 7) is 1.37. The van der Waals surface area contributed by atoms with E-state index in [0.717, 1.165) is 21.7 Å². The highest BCUT2D eigenvalue weighted by molar-refractivity contribution is 8.00. The minimum absolute atomic E-state index is 0.0517. The van der Waals surface area contributed by atoms with Gasteiger partial charge in [-0.1, -0.05) is 47.2 Å². The van der Waals surface area contributed by atoms with Crippen molar-refractivity contribution in [3.8, 4) is 0 Å². The summed E-state index contributed by atoms with van der Waals surface area (Å²) in [5.74, 6) is 0.428. The number of rotatable bonds is 7. The van der Waals surface area contributed by atoms with E-state index in [1.165, 1.54) is 11.3 Å². The Morgan fingerprint density at radius 1 is 1.12 bits per heavy atom. The number of para-hydroxylation sites is 1. The number of thiazole rings is 1. The van der Waals surface area contributed by atoms with Gasteiger partial charge in [0.1, 0.15) is 5.52 Å². The van der Waals surface area contributed by atoms with Crippen molar-refractivity contribution in [3.05, 3.63) is 53.6 Å². The first-order valence-electron chi connectivity index (χ1n) is 8.22. The van der Waals surface area contributed by atoms with Gasteiger partial charge in [-0.2, -0.15) is 0 Å². The SMILES string of the molecule is CN(C)CCN(C(=O)CSc1ccccc1)c1nc2c(Cl)cccc2s1. The van der Waals surface area contributed by atoms with Gasteiger partial charge < -0.3 is 4.90 Å². The van der Waals surface area contributed by atoms with Crippen molar-refractivity contribution in [2.24, 2.45) is 0 Å². The minimum atomic E-state index is 0.0517. The molecule has 7 heteroatoms. The van der Waals surface area contributed by atoms with Crippen molar-refractivity contribution in [1.82, 2.24) is 9.88 Å². The monoisotopic (exact) mass is 405 g/mol. The molecule has 0 aliphatic rings. The number of likely N-dealkylation sites (N-methyl/N-ethyl adjacent to an activating group) is 1. The maximum Gasteiger partial charge on any atom is 0.239 e. The Morgan fingerprint density at radius 2 is 1.88 bits per heavy atom. The van der Waals surface area contributed by atoms with Crippen LogP contribution in [0.3, 0.4) is 0 Å². The van der Waals surface area contributed by atoms with Crippen molar-refractivity contribution in [1.29, 1.82) is 0 Å². The number of halogens is 1. The van der Waals surface area contributed by atoms with Gasteiger partial charge in [-0.05, 0) is 38.4 Å². The molecule has 3 rings (SSSR count). The predicted octanol–water partition coefficient (Wildman–Crippen LogP) is 4.64. The maximum absolute atomic E-state index is 12.9. The molecule has 4 nitrogen and oxygen atoms in total. The van der Waals surface area contributed by atoms with Gasteiger partial charge in [0.15, 0.2) is 5.13 Å². The standard InChI is InChI=1S/C19H20ClN3OS2/c1-22(2)11-12-23(17(24)13-25-14-7-4-3-5-8-14)19-21-18-15(20)9-6-10-16(18)26-19/h3-10H,11-13H2,1-2H3. The van der Waals surface area contributed by atoms with Gasteiger partial charge in [0, 0.05) is 18.0 Å². The molecule has 0 fully saturated rings. The molecule has 0 saturated carbocycles. The smallest absolute Gasteiger partial charge is 0.239 e. The van der Waals surface area contributed by atoms with Gasteiger partial charge in [-0.25, -0.2) is 4.98 Å². The van der Waals surface area contributed by atoms with E-state index >= 15 is 0 Å². The van der Waals surface area contributed by atoms with Gasteiger partial charge in [0.2, 0.25) is 5.91 Å². The van der Waals surface area contributed by atoms with Crippen LogP contribution in [0.4, 0.5) is 5.13 Å². The summed E-state index contributed by atoms with van der Waals surface area (Å²) in [6.07, 6.45) is 0. The van der Waals surface area contributed by atoms with Crippen molar-refractivity contribution >= 4 is 56.0 Å². The van der Waals surface area contributed by atoms with Crippen LogP contribution in [0.2, 0.25) is 5.02 Å². The van der Waals surface area contributed by atoms with E-state index < -0.39 is 0 Å². The Bertz CT molecular complexity index is 883. The van der Waals surface area contributed by atoms with E-state index in [-0.39, 0.29) is 5.91 Å². The third kappa shape index (κ3) is 4.76. The lowest BCUT2D eigenvalue weighted by Gasteiger charge is -2.21. The lowest BCUT2D eigenvalue weighted by atomic mass is 10.3. The van der Waals surface area contributed by atoms with Crippen LogP contribution in [-0.2, 0) is 4.79 Å². The van der Waals surface area contributed by atoms with Crippen LogP contribution >= 0.6 is 34.7 Å². The van der Waals surface area contributed by atoms with Gasteiger partial charge in [-0.15, -0.1) is 11.8 Å². The number of fused-ring (bicyclic) bond motifs is 1. The molecule has 0 saturated heterocycles. The molecule has 0 bridgehead atoms. The average molecular weight is 406 g/mol. The summed E-state index contributed by atoms with van der Waals surface area (Å²) in [4.78, 5) is 22.5. The molecular weight excluding hydrogens is 386 g/mol. The number of amides is 1. The number of thioether (sulfide) groups is 1. The highest BCUT2D eigenvalue weighted by Gasteiger charge is 2.20. The van der Waals surface area contributed by atoms with Crippen molar-refractivity contribution in [2.45, 2.75) is 4.90 Å². The van der Waals surface area contributed by atoms with Crippen LogP contribution in [0.25, 0.3) is 10.2 Å². The molecule has 0 aliphatic carbocycles. The van der Waals surface area contributed by atoms with E-state index in [0.29, 0.717) is 22.5 Å². The van der Waals surface area contributed by atoms with Crippen LogP contribution in [0.5, 0.6) is 0 Å². The van der Waals surface area contributed by atoms with Crippen LogP contribution in [0, 0.1) is 0 Å². The number of aromatic nitrogens is 1. The number of hydrogen-bond acceptors (Lipinski definition) is 5. The van der Waals surface area contributed by atoms with E-state index in [4.69, 9.17) is 11.6 Å². The molecule has 1 amide bonds. The van der Waals surface area contributed by atoms with Gasteiger partial charge in [-0.3, -0.25) is 9.69 Å². The molecule has 2 aromatic carbocycles. The zero-order valence-corrected chi connectivity index (χ0v) is 17.1. The third-order valence-corrected chi connectivity index (χ3v) is 6.11. The van der Waals surface area contributed by atoms with Gasteiger partial charge in [0.05, 0.1) is 15.5 Å². The number of anilines is 1. The maximum atomic E-state index is 12.9. The fourth-order valence-electron chi connectivity index (χ4n) is 2.39. The van der Waals surface area contributed by atoms with Crippen molar-refractivity contribution < 1.29 is 4.79 Å². The molecule has 0 unspecified atom stereocenters. The van der Waals surface area contributed by atoms with Crippen molar-refractivity contribution in [3.63, 3.8) is 0 Å². The van der Waals surface area contributed by atoms with Crippen LogP contribution in [0.1, 0.15) is 0 Å². The number of hydrogen-bond donors (Lipinski definition) is 0. The topological polar surface area (TPSA) is 36.4 Å². The lowest BCUT2D eigenvalue weighted by Crippen LogP contribution is -2.37. The lowest BCUT2D eigenvalue weighted by molar-refractivity contribution is -0.116. The van der Waals surface area contributed by atoms with Crippen LogP contribution in [0.15, 0.2) is 53.4 Å². The second kappa shape index (κ2) is 8.86. The Labute approximate surface area is 166 Å². The van der Waals surface area contributed by atoms with E-state index in [9.17, 15) is 4.79 Å². The largest absolute Gasteiger partial charge is 0.308 e. The molecule has 0 aliphatic heterocycles. The highest BCUT2D eigenvalue weighted by atomic mass is 35.5. The second-order valence-corrected chi connectivity index (χ2v) is 8.50. The summed E-state index contributed by atoms with van der Waals surface area (Å²) in [5, 5.41) is 1.32. The van der Waals surface area contributed by atoms with Gasteiger partial charge >= 0.3 is 0 Å². The van der Waals surface area contributed by atoms with E-state index in [2.05, 4.69) is 9.88 Å². The van der Waals surface area contributed by atoms with Gasteiger partial charge in [0.25, 0.3) is 0 Å². The summed E-state index contributed by atoms with van der Waals surface area (Å²) in [6, 6.07) is 15.7. The zero-order valence-electron chi connectivity index (χ0n) is 14.7. The molecule has 1 heterocycles. The number of carbonyl (C=O) groups excluding carboxylic acids is 1. The fraction of sp³-hybridized carbons (Fsp3) is 0.263. The Kier molecular flexibility index (Phi) is 6.53. The summed E-state index contributed by atoms with van der Waals surface area (Å²) in [7, 11) is 3.99. The molecule has 1 aromatic heterocycles. The Balaban J connectivity index is 1.81. The molecule has 26 heavy (non-hydrogen) atoms. The Morgan fingerprint density at radius 3 is 2.58 bits per heavy atom. The first kappa shape index (κ1) is 19.2.